The van der Waals surface area contributed by atoms with Crippen LogP contribution in [0.15, 0.2) is 152 Å². The molecular weight excluding hydrogens is 583 g/mol. The minimum Gasteiger partial charge on any atom is -0.292 e. The molecule has 0 spiro atoms. The number of benzene rings is 6. The van der Waals surface area contributed by atoms with Gasteiger partial charge in [0.2, 0.25) is 0 Å². The van der Waals surface area contributed by atoms with Gasteiger partial charge in [0.05, 0.1) is 11.0 Å². The topological polar surface area (TPSA) is 56.5 Å². The van der Waals surface area contributed by atoms with E-state index in [1.54, 1.807) is 11.3 Å². The van der Waals surface area contributed by atoms with Crippen molar-refractivity contribution in [1.82, 2.24) is 24.5 Å². The number of rotatable bonds is 5. The van der Waals surface area contributed by atoms with Crippen LogP contribution in [0.5, 0.6) is 0 Å². The molecular formula is C40H25N5S. The largest absolute Gasteiger partial charge is 0.292 e. The minimum atomic E-state index is 0.651. The maximum atomic E-state index is 5.19. The van der Waals surface area contributed by atoms with Crippen LogP contribution in [0.4, 0.5) is 0 Å². The van der Waals surface area contributed by atoms with Gasteiger partial charge >= 0.3 is 0 Å². The Morgan fingerprint density at radius 2 is 1.04 bits per heavy atom. The van der Waals surface area contributed by atoms with E-state index in [1.165, 1.54) is 9.40 Å². The molecule has 0 aliphatic rings. The van der Waals surface area contributed by atoms with Crippen LogP contribution in [0, 0.1) is 0 Å². The lowest BCUT2D eigenvalue weighted by Crippen LogP contribution is -2.00. The fourth-order valence-electron chi connectivity index (χ4n) is 6.18. The third-order valence-corrected chi connectivity index (χ3v) is 9.48. The molecule has 6 heteroatoms. The molecule has 216 valence electrons. The highest BCUT2D eigenvalue weighted by molar-refractivity contribution is 7.26. The SMILES string of the molecule is c1ccc(-c2nc(-c3ccccc3)nc(-c3cccc4sc5c(-c6nc7ccccc7n6-c6ccccc6)cccc5c34)n2)cc1. The van der Waals surface area contributed by atoms with Crippen molar-refractivity contribution in [2.24, 2.45) is 0 Å². The summed E-state index contributed by atoms with van der Waals surface area (Å²) < 4.78 is 4.61. The summed E-state index contributed by atoms with van der Waals surface area (Å²) in [5.74, 6) is 2.88. The van der Waals surface area contributed by atoms with Gasteiger partial charge in [0, 0.05) is 48.1 Å². The Morgan fingerprint density at radius 3 is 1.76 bits per heavy atom. The average molecular weight is 608 g/mol. The van der Waals surface area contributed by atoms with Gasteiger partial charge in [-0.25, -0.2) is 19.9 Å². The summed E-state index contributed by atoms with van der Waals surface area (Å²) in [6, 6.07) is 51.9. The first kappa shape index (κ1) is 26.4. The van der Waals surface area contributed by atoms with Crippen molar-refractivity contribution in [3.8, 4) is 51.2 Å². The highest BCUT2D eigenvalue weighted by atomic mass is 32.1. The monoisotopic (exact) mass is 607 g/mol. The van der Waals surface area contributed by atoms with Gasteiger partial charge < -0.3 is 0 Å². The Balaban J connectivity index is 1.30. The smallest absolute Gasteiger partial charge is 0.164 e. The van der Waals surface area contributed by atoms with Crippen molar-refractivity contribution in [1.29, 1.82) is 0 Å². The van der Waals surface area contributed by atoms with Gasteiger partial charge in [-0.2, -0.15) is 0 Å². The molecule has 0 saturated carbocycles. The van der Waals surface area contributed by atoms with Crippen molar-refractivity contribution >= 4 is 42.5 Å². The Labute approximate surface area is 269 Å². The first-order valence-corrected chi connectivity index (χ1v) is 16.0. The quantitative estimate of drug-likeness (QED) is 0.195. The lowest BCUT2D eigenvalue weighted by atomic mass is 10.0. The van der Waals surface area contributed by atoms with Crippen molar-refractivity contribution < 1.29 is 0 Å². The molecule has 0 atom stereocenters. The third-order valence-electron chi connectivity index (χ3n) is 8.28. The summed E-state index contributed by atoms with van der Waals surface area (Å²) in [7, 11) is 0. The number of nitrogens with zero attached hydrogens (tertiary/aromatic N) is 5. The molecule has 0 N–H and O–H groups in total. The molecule has 5 nitrogen and oxygen atoms in total. The number of para-hydroxylation sites is 3. The standard InChI is InChI=1S/C40H25N5S/c1-4-14-26(15-5-1)37-42-38(27-16-6-2-7-17-27)44-39(43-37)30-21-13-25-34-35(30)29-20-12-22-31(36(29)46-34)40-41-32-23-10-11-24-33(32)45(40)28-18-8-3-9-19-28/h1-25H. The van der Waals surface area contributed by atoms with E-state index in [0.29, 0.717) is 17.5 Å². The molecule has 0 aliphatic carbocycles. The van der Waals surface area contributed by atoms with E-state index in [0.717, 1.165) is 55.6 Å². The molecule has 9 aromatic rings. The van der Waals surface area contributed by atoms with Gasteiger partial charge in [-0.05, 0) is 36.4 Å². The second-order valence-corrected chi connectivity index (χ2v) is 12.1. The molecule has 0 unspecified atom stereocenters. The molecule has 3 aromatic heterocycles. The maximum Gasteiger partial charge on any atom is 0.164 e. The van der Waals surface area contributed by atoms with Crippen LogP contribution in [0.2, 0.25) is 0 Å². The first-order chi connectivity index (χ1) is 22.8. The van der Waals surface area contributed by atoms with E-state index in [9.17, 15) is 0 Å². The number of aromatic nitrogens is 5. The predicted molar refractivity (Wildman–Crippen MR) is 189 cm³/mol. The molecule has 0 fully saturated rings. The fourth-order valence-corrected chi connectivity index (χ4v) is 7.42. The van der Waals surface area contributed by atoms with Gasteiger partial charge in [0.15, 0.2) is 17.5 Å². The predicted octanol–water partition coefficient (Wildman–Crippen LogP) is 10.2. The number of hydrogen-bond acceptors (Lipinski definition) is 5. The van der Waals surface area contributed by atoms with E-state index in [1.807, 2.05) is 72.8 Å². The van der Waals surface area contributed by atoms with Crippen molar-refractivity contribution in [2.75, 3.05) is 0 Å². The summed E-state index contributed by atoms with van der Waals surface area (Å²) in [6.45, 7) is 0. The lowest BCUT2D eigenvalue weighted by molar-refractivity contribution is 1.08. The summed E-state index contributed by atoms with van der Waals surface area (Å²) in [4.78, 5) is 20.2. The normalized spacial score (nSPS) is 11.5. The number of thiophene rings is 1. The Kier molecular flexibility index (Phi) is 6.25. The number of imidazole rings is 1. The second kappa shape index (κ2) is 10.9. The van der Waals surface area contributed by atoms with Crippen LogP contribution in [0.3, 0.4) is 0 Å². The zero-order chi connectivity index (χ0) is 30.5. The van der Waals surface area contributed by atoms with Crippen molar-refractivity contribution in [3.63, 3.8) is 0 Å². The molecule has 0 amide bonds. The van der Waals surface area contributed by atoms with Crippen LogP contribution in [0.1, 0.15) is 0 Å². The molecule has 9 rings (SSSR count). The third kappa shape index (κ3) is 4.38. The fraction of sp³-hybridized carbons (Fsp3) is 0. The zero-order valence-electron chi connectivity index (χ0n) is 24.6. The summed E-state index contributed by atoms with van der Waals surface area (Å²) in [5.41, 5.74) is 7.10. The van der Waals surface area contributed by atoms with Gasteiger partial charge in [-0.1, -0.05) is 115 Å². The van der Waals surface area contributed by atoms with Crippen molar-refractivity contribution in [3.05, 3.63) is 152 Å². The Hall–Kier alpha value is -5.98. The molecule has 6 aromatic carbocycles. The minimum absolute atomic E-state index is 0.651. The van der Waals surface area contributed by atoms with Crippen LogP contribution in [0.25, 0.3) is 82.4 Å². The van der Waals surface area contributed by atoms with Gasteiger partial charge in [0.1, 0.15) is 5.82 Å². The van der Waals surface area contributed by atoms with E-state index < -0.39 is 0 Å². The summed E-state index contributed by atoms with van der Waals surface area (Å²) >= 11 is 1.78. The summed E-state index contributed by atoms with van der Waals surface area (Å²) in [6.07, 6.45) is 0. The molecule has 0 saturated heterocycles. The molecule has 0 bridgehead atoms. The highest BCUT2D eigenvalue weighted by Crippen LogP contribution is 2.44. The molecule has 3 heterocycles. The first-order valence-electron chi connectivity index (χ1n) is 15.2. The van der Waals surface area contributed by atoms with E-state index in [4.69, 9.17) is 19.9 Å². The Morgan fingerprint density at radius 1 is 0.457 bits per heavy atom. The van der Waals surface area contributed by atoms with Crippen LogP contribution in [-0.2, 0) is 0 Å². The molecule has 46 heavy (non-hydrogen) atoms. The van der Waals surface area contributed by atoms with Gasteiger partial charge in [-0.3, -0.25) is 4.57 Å². The zero-order valence-corrected chi connectivity index (χ0v) is 25.4. The maximum absolute atomic E-state index is 5.19. The van der Waals surface area contributed by atoms with Crippen LogP contribution in [-0.4, -0.2) is 24.5 Å². The van der Waals surface area contributed by atoms with Gasteiger partial charge in [0.25, 0.3) is 0 Å². The van der Waals surface area contributed by atoms with E-state index >= 15 is 0 Å². The Bertz CT molecular complexity index is 2460. The highest BCUT2D eigenvalue weighted by Gasteiger charge is 2.21. The van der Waals surface area contributed by atoms with Gasteiger partial charge in [-0.15, -0.1) is 11.3 Å². The molecule has 0 aliphatic heterocycles. The number of hydrogen-bond donors (Lipinski definition) is 0. The van der Waals surface area contributed by atoms with Crippen molar-refractivity contribution in [2.45, 2.75) is 0 Å². The average Bonchev–Trinajstić information content (AvgIpc) is 3.72. The van der Waals surface area contributed by atoms with E-state index in [-0.39, 0.29) is 0 Å². The molecule has 0 radical (unpaired) electrons. The van der Waals surface area contributed by atoms with Crippen LogP contribution >= 0.6 is 11.3 Å². The number of fused-ring (bicyclic) bond motifs is 4. The second-order valence-electron chi connectivity index (χ2n) is 11.1. The van der Waals surface area contributed by atoms with E-state index in [2.05, 4.69) is 83.4 Å². The summed E-state index contributed by atoms with van der Waals surface area (Å²) in [5, 5.41) is 2.29. The van der Waals surface area contributed by atoms with Crippen LogP contribution < -0.4 is 0 Å². The lowest BCUT2D eigenvalue weighted by Gasteiger charge is -2.11.